The summed E-state index contributed by atoms with van der Waals surface area (Å²) in [5.74, 6) is 0. The van der Waals surface area contributed by atoms with Crippen LogP contribution in [-0.2, 0) is 0 Å². The molecular formula is C17H35N. The Kier molecular flexibility index (Phi) is 12.9. The van der Waals surface area contributed by atoms with Crippen LogP contribution in [0, 0.1) is 0 Å². The Bertz CT molecular complexity index is 186. The zero-order chi connectivity index (χ0) is 13.6. The molecule has 1 nitrogen and oxygen atoms in total. The first-order chi connectivity index (χ1) is 8.70. The van der Waals surface area contributed by atoms with Crippen LogP contribution in [0.5, 0.6) is 0 Å². The van der Waals surface area contributed by atoms with Crippen molar-refractivity contribution in [3.05, 3.63) is 12.2 Å². The maximum atomic E-state index is 4.04. The summed E-state index contributed by atoms with van der Waals surface area (Å²) < 4.78 is 0. The van der Waals surface area contributed by atoms with Gasteiger partial charge >= 0.3 is 0 Å². The number of rotatable bonds is 13. The molecule has 0 amide bonds. The highest BCUT2D eigenvalue weighted by Crippen LogP contribution is 2.13. The van der Waals surface area contributed by atoms with Crippen LogP contribution in [0.1, 0.15) is 85.0 Å². The van der Waals surface area contributed by atoms with E-state index in [0.29, 0.717) is 6.04 Å². The third-order valence-corrected chi connectivity index (χ3v) is 3.43. The summed E-state index contributed by atoms with van der Waals surface area (Å²) in [6.45, 7) is 11.8. The first-order valence-corrected chi connectivity index (χ1v) is 8.08. The van der Waals surface area contributed by atoms with Gasteiger partial charge in [0.1, 0.15) is 0 Å². The highest BCUT2D eigenvalue weighted by atomic mass is 14.9. The minimum absolute atomic E-state index is 0.665. The summed E-state index contributed by atoms with van der Waals surface area (Å²) in [6.07, 6.45) is 13.5. The summed E-state index contributed by atoms with van der Waals surface area (Å²) in [7, 11) is 0. The Labute approximate surface area is 115 Å². The van der Waals surface area contributed by atoms with Gasteiger partial charge in [-0.1, -0.05) is 64.4 Å². The Morgan fingerprint density at radius 2 is 1.56 bits per heavy atom. The van der Waals surface area contributed by atoms with E-state index in [0.717, 1.165) is 13.0 Å². The van der Waals surface area contributed by atoms with Gasteiger partial charge in [-0.3, -0.25) is 0 Å². The minimum Gasteiger partial charge on any atom is -0.314 e. The summed E-state index contributed by atoms with van der Waals surface area (Å²) in [5, 5.41) is 3.65. The summed E-state index contributed by atoms with van der Waals surface area (Å²) in [5.41, 5.74) is 1.31. The molecule has 0 aromatic heterocycles. The molecule has 0 radical (unpaired) electrons. The van der Waals surface area contributed by atoms with Crippen LogP contribution in [0.25, 0.3) is 0 Å². The fourth-order valence-corrected chi connectivity index (χ4v) is 2.39. The molecule has 0 spiro atoms. The van der Waals surface area contributed by atoms with E-state index in [9.17, 15) is 0 Å². The molecule has 108 valence electrons. The zero-order valence-corrected chi connectivity index (χ0v) is 13.1. The van der Waals surface area contributed by atoms with Crippen molar-refractivity contribution in [2.75, 3.05) is 6.54 Å². The molecule has 0 saturated carbocycles. The molecule has 0 bridgehead atoms. The van der Waals surface area contributed by atoms with Gasteiger partial charge in [0.15, 0.2) is 0 Å². The lowest BCUT2D eigenvalue weighted by molar-refractivity contribution is 0.449. The second-order valence-corrected chi connectivity index (χ2v) is 5.72. The molecule has 0 rings (SSSR count). The summed E-state index contributed by atoms with van der Waals surface area (Å²) in [6, 6.07) is 0.665. The van der Waals surface area contributed by atoms with Gasteiger partial charge in [-0.25, -0.2) is 0 Å². The van der Waals surface area contributed by atoms with Crippen molar-refractivity contribution in [3.63, 3.8) is 0 Å². The third-order valence-electron chi connectivity index (χ3n) is 3.43. The maximum absolute atomic E-state index is 4.04. The van der Waals surface area contributed by atoms with E-state index >= 15 is 0 Å². The van der Waals surface area contributed by atoms with Gasteiger partial charge < -0.3 is 5.32 Å². The lowest BCUT2D eigenvalue weighted by atomic mass is 10.0. The molecule has 0 aromatic rings. The molecule has 0 aliphatic carbocycles. The van der Waals surface area contributed by atoms with Crippen molar-refractivity contribution in [2.45, 2.75) is 91.0 Å². The van der Waals surface area contributed by atoms with Crippen molar-refractivity contribution < 1.29 is 0 Å². The van der Waals surface area contributed by atoms with Crippen LogP contribution < -0.4 is 5.32 Å². The molecule has 1 atom stereocenters. The first kappa shape index (κ1) is 17.7. The topological polar surface area (TPSA) is 12.0 Å². The smallest absolute Gasteiger partial charge is 0.0104 e. The molecule has 1 N–H and O–H groups in total. The van der Waals surface area contributed by atoms with E-state index < -0.39 is 0 Å². The van der Waals surface area contributed by atoms with Crippen LogP contribution >= 0.6 is 0 Å². The number of unbranched alkanes of at least 4 members (excludes halogenated alkanes) is 6. The lowest BCUT2D eigenvalue weighted by Gasteiger charge is -2.18. The van der Waals surface area contributed by atoms with Gasteiger partial charge in [0.2, 0.25) is 0 Å². The highest BCUT2D eigenvalue weighted by Gasteiger charge is 2.07. The molecule has 0 fully saturated rings. The van der Waals surface area contributed by atoms with E-state index in [-0.39, 0.29) is 0 Å². The molecule has 18 heavy (non-hydrogen) atoms. The van der Waals surface area contributed by atoms with Gasteiger partial charge in [-0.05, 0) is 32.7 Å². The first-order valence-electron chi connectivity index (χ1n) is 8.08. The average molecular weight is 253 g/mol. The zero-order valence-electron chi connectivity index (χ0n) is 13.1. The van der Waals surface area contributed by atoms with Crippen molar-refractivity contribution in [1.29, 1.82) is 0 Å². The van der Waals surface area contributed by atoms with Crippen molar-refractivity contribution in [2.24, 2.45) is 0 Å². The Hall–Kier alpha value is -0.300. The SMILES string of the molecule is C=C(C)CC(CCCCCCCCC)NCCC. The quantitative estimate of drug-likeness (QED) is 0.339. The standard InChI is InChI=1S/C17H35N/c1-5-7-8-9-10-11-12-13-17(15-16(3)4)18-14-6-2/h17-18H,3,5-15H2,1-2,4H3. The fourth-order valence-electron chi connectivity index (χ4n) is 2.39. The van der Waals surface area contributed by atoms with Crippen LogP contribution in [-0.4, -0.2) is 12.6 Å². The second-order valence-electron chi connectivity index (χ2n) is 5.72. The van der Waals surface area contributed by atoms with Crippen LogP contribution in [0.3, 0.4) is 0 Å². The van der Waals surface area contributed by atoms with E-state index in [2.05, 4.69) is 32.7 Å². The number of nitrogens with one attached hydrogen (secondary N) is 1. The van der Waals surface area contributed by atoms with Crippen LogP contribution in [0.2, 0.25) is 0 Å². The monoisotopic (exact) mass is 253 g/mol. The van der Waals surface area contributed by atoms with Gasteiger partial charge in [0, 0.05) is 6.04 Å². The molecule has 0 aliphatic heterocycles. The Morgan fingerprint density at radius 1 is 0.944 bits per heavy atom. The summed E-state index contributed by atoms with van der Waals surface area (Å²) in [4.78, 5) is 0. The molecular weight excluding hydrogens is 218 g/mol. The minimum atomic E-state index is 0.665. The number of hydrogen-bond donors (Lipinski definition) is 1. The van der Waals surface area contributed by atoms with Gasteiger partial charge in [-0.2, -0.15) is 0 Å². The van der Waals surface area contributed by atoms with Crippen molar-refractivity contribution in [1.82, 2.24) is 5.32 Å². The summed E-state index contributed by atoms with van der Waals surface area (Å²) >= 11 is 0. The molecule has 1 heteroatoms. The van der Waals surface area contributed by atoms with Gasteiger partial charge in [-0.15, -0.1) is 6.58 Å². The Balaban J connectivity index is 3.52. The molecule has 0 aromatic carbocycles. The molecule has 0 saturated heterocycles. The van der Waals surface area contributed by atoms with Crippen LogP contribution in [0.4, 0.5) is 0 Å². The van der Waals surface area contributed by atoms with Gasteiger partial charge in [0.05, 0.1) is 0 Å². The van der Waals surface area contributed by atoms with Crippen LogP contribution in [0.15, 0.2) is 12.2 Å². The second kappa shape index (κ2) is 13.1. The average Bonchev–Trinajstić information content (AvgIpc) is 2.34. The molecule has 0 aliphatic rings. The predicted octanol–water partition coefficient (Wildman–Crippen LogP) is 5.46. The Morgan fingerprint density at radius 3 is 2.11 bits per heavy atom. The third kappa shape index (κ3) is 12.2. The molecule has 1 unspecified atom stereocenters. The highest BCUT2D eigenvalue weighted by molar-refractivity contribution is 4.92. The van der Waals surface area contributed by atoms with Crippen molar-refractivity contribution in [3.8, 4) is 0 Å². The van der Waals surface area contributed by atoms with E-state index in [1.165, 1.54) is 63.4 Å². The van der Waals surface area contributed by atoms with Gasteiger partial charge in [0.25, 0.3) is 0 Å². The number of hydrogen-bond acceptors (Lipinski definition) is 1. The molecule has 0 heterocycles. The lowest BCUT2D eigenvalue weighted by Crippen LogP contribution is -2.29. The largest absolute Gasteiger partial charge is 0.314 e. The normalized spacial score (nSPS) is 12.6. The van der Waals surface area contributed by atoms with E-state index in [1.807, 2.05) is 0 Å². The van der Waals surface area contributed by atoms with Crippen molar-refractivity contribution >= 4 is 0 Å². The van der Waals surface area contributed by atoms with E-state index in [4.69, 9.17) is 0 Å². The fraction of sp³-hybridized carbons (Fsp3) is 0.882. The predicted molar refractivity (Wildman–Crippen MR) is 84.1 cm³/mol. The van der Waals surface area contributed by atoms with E-state index in [1.54, 1.807) is 0 Å². The maximum Gasteiger partial charge on any atom is 0.0104 e.